The smallest absolute Gasteiger partial charge is 0.0469 e. The summed E-state index contributed by atoms with van der Waals surface area (Å²) in [4.78, 5) is 2.75. The van der Waals surface area contributed by atoms with Crippen LogP contribution in [-0.4, -0.2) is 42.6 Å². The first-order chi connectivity index (χ1) is 7.90. The molecule has 0 aromatic heterocycles. The Morgan fingerprint density at radius 3 is 2.69 bits per heavy atom. The number of halogens is 1. The van der Waals surface area contributed by atoms with Crippen LogP contribution < -0.4 is 0 Å². The molecule has 0 spiro atoms. The molecular weight excluding hydrogens is 266 g/mol. The largest absolute Gasteiger partial charge is 0.381 e. The molecule has 2 aliphatic rings. The van der Waals surface area contributed by atoms with E-state index in [1.54, 1.807) is 0 Å². The van der Waals surface area contributed by atoms with Crippen LogP contribution in [-0.2, 0) is 4.74 Å². The van der Waals surface area contributed by atoms with Gasteiger partial charge in [0.15, 0.2) is 0 Å². The van der Waals surface area contributed by atoms with Crippen molar-refractivity contribution in [3.8, 4) is 0 Å². The molecule has 0 amide bonds. The second kappa shape index (κ2) is 6.97. The van der Waals surface area contributed by atoms with E-state index in [1.807, 2.05) is 0 Å². The van der Waals surface area contributed by atoms with Gasteiger partial charge >= 0.3 is 0 Å². The maximum absolute atomic E-state index is 5.44. The average molecular weight is 290 g/mol. The van der Waals surface area contributed by atoms with Gasteiger partial charge in [0.2, 0.25) is 0 Å². The summed E-state index contributed by atoms with van der Waals surface area (Å²) in [7, 11) is 0. The monoisotopic (exact) mass is 289 g/mol. The van der Waals surface area contributed by atoms with Crippen molar-refractivity contribution in [2.45, 2.75) is 44.6 Å². The minimum Gasteiger partial charge on any atom is -0.381 e. The molecule has 0 bridgehead atoms. The fourth-order valence-electron chi connectivity index (χ4n) is 3.01. The second-order valence-electron chi connectivity index (χ2n) is 5.18. The zero-order chi connectivity index (χ0) is 11.2. The molecule has 94 valence electrons. The molecule has 2 heterocycles. The summed E-state index contributed by atoms with van der Waals surface area (Å²) in [5.41, 5.74) is 0. The number of rotatable bonds is 4. The van der Waals surface area contributed by atoms with Gasteiger partial charge in [0, 0.05) is 31.1 Å². The Bertz CT molecular complexity index is 192. The van der Waals surface area contributed by atoms with Crippen LogP contribution in [0.15, 0.2) is 0 Å². The lowest BCUT2D eigenvalue weighted by Crippen LogP contribution is -2.43. The van der Waals surface area contributed by atoms with Crippen molar-refractivity contribution < 1.29 is 4.74 Å². The molecule has 0 radical (unpaired) electrons. The van der Waals surface area contributed by atoms with Crippen LogP contribution in [0.3, 0.4) is 0 Å². The highest BCUT2D eigenvalue weighted by Gasteiger charge is 2.25. The molecule has 1 atom stereocenters. The van der Waals surface area contributed by atoms with Gasteiger partial charge in [0.25, 0.3) is 0 Å². The predicted molar refractivity (Wildman–Crippen MR) is 71.2 cm³/mol. The Labute approximate surface area is 108 Å². The highest BCUT2D eigenvalue weighted by molar-refractivity contribution is 9.09. The normalized spacial score (nSPS) is 29.4. The van der Waals surface area contributed by atoms with Gasteiger partial charge in [-0.25, -0.2) is 0 Å². The molecule has 0 aromatic carbocycles. The summed E-state index contributed by atoms with van der Waals surface area (Å²) in [5, 5.41) is 1.15. The number of ether oxygens (including phenoxy) is 1. The summed E-state index contributed by atoms with van der Waals surface area (Å²) < 4.78 is 5.44. The van der Waals surface area contributed by atoms with Crippen molar-refractivity contribution in [1.82, 2.24) is 4.90 Å². The third-order valence-corrected chi connectivity index (χ3v) is 4.48. The lowest BCUT2D eigenvalue weighted by molar-refractivity contribution is 0.0381. The van der Waals surface area contributed by atoms with Crippen molar-refractivity contribution >= 4 is 15.9 Å². The molecule has 2 fully saturated rings. The Balaban J connectivity index is 1.80. The fourth-order valence-corrected chi connectivity index (χ4v) is 3.54. The summed E-state index contributed by atoms with van der Waals surface area (Å²) in [5.74, 6) is 0.893. The number of nitrogens with zero attached hydrogens (tertiary/aromatic N) is 1. The van der Waals surface area contributed by atoms with E-state index in [2.05, 4.69) is 20.8 Å². The van der Waals surface area contributed by atoms with E-state index in [1.165, 1.54) is 51.6 Å². The first-order valence-electron chi connectivity index (χ1n) is 6.78. The van der Waals surface area contributed by atoms with Crippen molar-refractivity contribution in [1.29, 1.82) is 0 Å². The standard InChI is InChI=1S/C13H24BrNO/c14-7-4-13-3-1-2-8-15(13)11-12-5-9-16-10-6-12/h12-13H,1-11H2. The maximum atomic E-state index is 5.44. The molecule has 3 heteroatoms. The lowest BCUT2D eigenvalue weighted by Gasteiger charge is -2.38. The molecule has 0 aliphatic carbocycles. The zero-order valence-corrected chi connectivity index (χ0v) is 11.8. The van der Waals surface area contributed by atoms with Crippen molar-refractivity contribution in [2.24, 2.45) is 5.92 Å². The molecule has 1 unspecified atom stereocenters. The number of hydrogen-bond donors (Lipinski definition) is 0. The Morgan fingerprint density at radius 1 is 1.12 bits per heavy atom. The average Bonchev–Trinajstić information content (AvgIpc) is 2.33. The van der Waals surface area contributed by atoms with Gasteiger partial charge in [-0.15, -0.1) is 0 Å². The van der Waals surface area contributed by atoms with Gasteiger partial charge in [-0.1, -0.05) is 22.4 Å². The molecular formula is C13H24BrNO. The van der Waals surface area contributed by atoms with E-state index < -0.39 is 0 Å². The molecule has 0 N–H and O–H groups in total. The third-order valence-electron chi connectivity index (χ3n) is 4.02. The Kier molecular flexibility index (Phi) is 5.60. The minimum absolute atomic E-state index is 0.843. The SMILES string of the molecule is BrCCC1CCCCN1CC1CCOCC1. The van der Waals surface area contributed by atoms with E-state index >= 15 is 0 Å². The van der Waals surface area contributed by atoms with E-state index in [4.69, 9.17) is 4.74 Å². The maximum Gasteiger partial charge on any atom is 0.0469 e. The zero-order valence-electron chi connectivity index (χ0n) is 10.2. The lowest BCUT2D eigenvalue weighted by atomic mass is 9.94. The van der Waals surface area contributed by atoms with E-state index in [-0.39, 0.29) is 0 Å². The van der Waals surface area contributed by atoms with E-state index in [0.717, 1.165) is 30.5 Å². The number of piperidine rings is 1. The van der Waals surface area contributed by atoms with Crippen LogP contribution in [0.5, 0.6) is 0 Å². The van der Waals surface area contributed by atoms with E-state index in [0.29, 0.717) is 0 Å². The highest BCUT2D eigenvalue weighted by atomic mass is 79.9. The molecule has 0 aromatic rings. The van der Waals surface area contributed by atoms with E-state index in [9.17, 15) is 0 Å². The number of hydrogen-bond acceptors (Lipinski definition) is 2. The summed E-state index contributed by atoms with van der Waals surface area (Å²) in [6.45, 7) is 4.62. The first-order valence-corrected chi connectivity index (χ1v) is 7.90. The molecule has 2 saturated heterocycles. The fraction of sp³-hybridized carbons (Fsp3) is 1.00. The number of alkyl halides is 1. The highest BCUT2D eigenvalue weighted by Crippen LogP contribution is 2.24. The minimum atomic E-state index is 0.843. The topological polar surface area (TPSA) is 12.5 Å². The second-order valence-corrected chi connectivity index (χ2v) is 5.97. The quantitative estimate of drug-likeness (QED) is 0.738. The summed E-state index contributed by atoms with van der Waals surface area (Å²) in [6.07, 6.45) is 8.12. The van der Waals surface area contributed by atoms with Gasteiger partial charge in [0.05, 0.1) is 0 Å². The van der Waals surface area contributed by atoms with Crippen LogP contribution in [0.4, 0.5) is 0 Å². The first kappa shape index (κ1) is 12.8. The van der Waals surface area contributed by atoms with Crippen molar-refractivity contribution in [3.05, 3.63) is 0 Å². The van der Waals surface area contributed by atoms with Gasteiger partial charge in [-0.2, -0.15) is 0 Å². The summed E-state index contributed by atoms with van der Waals surface area (Å²) in [6, 6.07) is 0.843. The predicted octanol–water partition coefficient (Wildman–Crippen LogP) is 3.05. The van der Waals surface area contributed by atoms with Crippen LogP contribution in [0.25, 0.3) is 0 Å². The molecule has 0 saturated carbocycles. The number of likely N-dealkylation sites (tertiary alicyclic amines) is 1. The van der Waals surface area contributed by atoms with Crippen LogP contribution >= 0.6 is 15.9 Å². The third kappa shape index (κ3) is 3.71. The molecule has 2 rings (SSSR count). The molecule has 16 heavy (non-hydrogen) atoms. The molecule has 2 aliphatic heterocycles. The van der Waals surface area contributed by atoms with Gasteiger partial charge in [-0.3, -0.25) is 0 Å². The Hall–Kier alpha value is 0.400. The Morgan fingerprint density at radius 2 is 1.94 bits per heavy atom. The van der Waals surface area contributed by atoms with Crippen LogP contribution in [0.2, 0.25) is 0 Å². The molecule has 2 nitrogen and oxygen atoms in total. The van der Waals surface area contributed by atoms with Crippen molar-refractivity contribution in [2.75, 3.05) is 31.6 Å². The van der Waals surface area contributed by atoms with Gasteiger partial charge < -0.3 is 9.64 Å². The van der Waals surface area contributed by atoms with Crippen LogP contribution in [0, 0.1) is 5.92 Å². The van der Waals surface area contributed by atoms with Crippen molar-refractivity contribution in [3.63, 3.8) is 0 Å². The summed E-state index contributed by atoms with van der Waals surface area (Å²) >= 11 is 3.59. The van der Waals surface area contributed by atoms with Gasteiger partial charge in [-0.05, 0) is 44.6 Å². The van der Waals surface area contributed by atoms with Crippen LogP contribution in [0.1, 0.15) is 38.5 Å². The van der Waals surface area contributed by atoms with Gasteiger partial charge in [0.1, 0.15) is 0 Å².